The number of amides is 1. The molecule has 1 amide bonds. The molecule has 0 radical (unpaired) electrons. The molecule has 1 fully saturated rings. The first-order chi connectivity index (χ1) is 17.7. The monoisotopic (exact) mass is 531 g/mol. The van der Waals surface area contributed by atoms with Crippen LogP contribution in [0.1, 0.15) is 28.4 Å². The number of likely N-dealkylation sites (N-methyl/N-ethyl adjacent to an activating group) is 1. The minimum absolute atomic E-state index is 0.142. The quantitative estimate of drug-likeness (QED) is 0.508. The van der Waals surface area contributed by atoms with E-state index in [0.717, 1.165) is 43.8 Å². The van der Waals surface area contributed by atoms with Crippen LogP contribution in [0.3, 0.4) is 0 Å². The van der Waals surface area contributed by atoms with Crippen molar-refractivity contribution in [3.05, 3.63) is 52.5 Å². The van der Waals surface area contributed by atoms with Crippen molar-refractivity contribution in [1.29, 1.82) is 0 Å². The lowest BCUT2D eigenvalue weighted by molar-refractivity contribution is -0.138. The van der Waals surface area contributed by atoms with Gasteiger partial charge in [-0.05, 0) is 35.7 Å². The second-order valence-electron chi connectivity index (χ2n) is 9.17. The molecule has 2 aliphatic rings. The van der Waals surface area contributed by atoms with E-state index in [1.54, 1.807) is 31.1 Å². The number of hydrogen-bond acceptors (Lipinski definition) is 8. The fraction of sp³-hybridized carbons (Fsp3) is 0.400. The molecule has 0 spiro atoms. The van der Waals surface area contributed by atoms with Crippen LogP contribution < -0.4 is 15.1 Å². The molecule has 3 aromatic rings. The van der Waals surface area contributed by atoms with Gasteiger partial charge < -0.3 is 20.0 Å². The standard InChI is InChI=1S/C25H28F3N7OS/c1-4-34-8-10-35(11-9-34)15-16-5-6-17(13-19(16)25(26,27)28)30-24-29-14-20-21(31-24)33(3)23-18(7-12-37-23)22(36)32(20)2/h5-7,12-14H,4,8-11,15H2,1-3H3,(H,29,30,31). The van der Waals surface area contributed by atoms with Crippen molar-refractivity contribution in [2.75, 3.05) is 61.9 Å². The van der Waals surface area contributed by atoms with Crippen LogP contribution in [-0.2, 0) is 12.7 Å². The third-order valence-electron chi connectivity index (χ3n) is 6.89. The maximum absolute atomic E-state index is 14.0. The smallest absolute Gasteiger partial charge is 0.324 e. The summed E-state index contributed by atoms with van der Waals surface area (Å²) in [5.41, 5.74) is 0.885. The second kappa shape index (κ2) is 9.92. The number of benzene rings is 1. The van der Waals surface area contributed by atoms with Crippen LogP contribution in [-0.4, -0.2) is 72.5 Å². The number of carbonyl (C=O) groups excluding carboxylic acids is 1. The molecule has 12 heteroatoms. The fourth-order valence-corrected chi connectivity index (χ4v) is 5.57. The zero-order valence-electron chi connectivity index (χ0n) is 20.8. The normalized spacial score (nSPS) is 17.0. The number of halogens is 3. The lowest BCUT2D eigenvalue weighted by Crippen LogP contribution is -2.45. The molecule has 37 heavy (non-hydrogen) atoms. The highest BCUT2D eigenvalue weighted by Crippen LogP contribution is 2.41. The van der Waals surface area contributed by atoms with Crippen LogP contribution in [0.4, 0.5) is 41.3 Å². The van der Waals surface area contributed by atoms with Crippen molar-refractivity contribution in [2.45, 2.75) is 19.6 Å². The van der Waals surface area contributed by atoms with Crippen molar-refractivity contribution in [3.63, 3.8) is 0 Å². The predicted octanol–water partition coefficient (Wildman–Crippen LogP) is 4.80. The number of anilines is 5. The average molecular weight is 532 g/mol. The summed E-state index contributed by atoms with van der Waals surface area (Å²) < 4.78 is 42.1. The van der Waals surface area contributed by atoms with Gasteiger partial charge in [0.25, 0.3) is 5.91 Å². The molecule has 0 aliphatic carbocycles. The van der Waals surface area contributed by atoms with E-state index in [2.05, 4.69) is 32.0 Å². The highest BCUT2D eigenvalue weighted by Gasteiger charge is 2.35. The maximum atomic E-state index is 14.0. The van der Waals surface area contributed by atoms with Crippen LogP contribution >= 0.6 is 11.3 Å². The van der Waals surface area contributed by atoms with Crippen LogP contribution in [0, 0.1) is 0 Å². The molecule has 0 saturated carbocycles. The fourth-order valence-electron chi connectivity index (χ4n) is 4.71. The average Bonchev–Trinajstić information content (AvgIpc) is 3.36. The van der Waals surface area contributed by atoms with Gasteiger partial charge in [-0.1, -0.05) is 13.0 Å². The lowest BCUT2D eigenvalue weighted by atomic mass is 10.0. The molecule has 1 N–H and O–H groups in total. The van der Waals surface area contributed by atoms with Gasteiger partial charge in [-0.25, -0.2) is 4.98 Å². The van der Waals surface area contributed by atoms with Crippen molar-refractivity contribution < 1.29 is 18.0 Å². The van der Waals surface area contributed by atoms with E-state index in [4.69, 9.17) is 0 Å². The van der Waals surface area contributed by atoms with E-state index in [0.29, 0.717) is 17.1 Å². The Hall–Kier alpha value is -3.22. The number of fused-ring (bicyclic) bond motifs is 2. The zero-order chi connectivity index (χ0) is 26.3. The third kappa shape index (κ3) is 5.00. The summed E-state index contributed by atoms with van der Waals surface area (Å²) in [7, 11) is 3.45. The minimum atomic E-state index is -4.49. The SMILES string of the molecule is CCN1CCN(Cc2ccc(Nc3ncc4c(n3)N(C)c3sccc3C(=O)N4C)cc2C(F)(F)F)CC1. The molecule has 5 rings (SSSR count). The molecule has 2 aromatic heterocycles. The Labute approximate surface area is 217 Å². The van der Waals surface area contributed by atoms with E-state index in [-0.39, 0.29) is 29.7 Å². The van der Waals surface area contributed by atoms with Gasteiger partial charge in [0.1, 0.15) is 10.7 Å². The topological polar surface area (TPSA) is 67.8 Å². The summed E-state index contributed by atoms with van der Waals surface area (Å²) in [5, 5.41) is 5.50. The van der Waals surface area contributed by atoms with Gasteiger partial charge in [0.15, 0.2) is 5.82 Å². The summed E-state index contributed by atoms with van der Waals surface area (Å²) >= 11 is 1.41. The third-order valence-corrected chi connectivity index (χ3v) is 7.88. The number of nitrogens with one attached hydrogen (secondary N) is 1. The number of hydrogen-bond donors (Lipinski definition) is 1. The Bertz CT molecular complexity index is 1300. The zero-order valence-corrected chi connectivity index (χ0v) is 21.7. The molecule has 2 aliphatic heterocycles. The van der Waals surface area contributed by atoms with E-state index >= 15 is 0 Å². The van der Waals surface area contributed by atoms with Gasteiger partial charge in [0.05, 0.1) is 17.3 Å². The molecule has 196 valence electrons. The van der Waals surface area contributed by atoms with Gasteiger partial charge in [0, 0.05) is 52.5 Å². The Morgan fingerprint density at radius 2 is 1.78 bits per heavy atom. The van der Waals surface area contributed by atoms with Gasteiger partial charge in [-0.2, -0.15) is 18.2 Å². The number of nitrogens with zero attached hydrogens (tertiary/aromatic N) is 6. The van der Waals surface area contributed by atoms with Gasteiger partial charge in [-0.15, -0.1) is 11.3 Å². The van der Waals surface area contributed by atoms with E-state index in [1.807, 2.05) is 5.38 Å². The molecule has 4 heterocycles. The molecular weight excluding hydrogens is 503 g/mol. The van der Waals surface area contributed by atoms with E-state index in [9.17, 15) is 18.0 Å². The minimum Gasteiger partial charge on any atom is -0.324 e. The number of rotatable bonds is 5. The van der Waals surface area contributed by atoms with Crippen LogP contribution in [0.2, 0.25) is 0 Å². The van der Waals surface area contributed by atoms with Crippen molar-refractivity contribution in [3.8, 4) is 0 Å². The van der Waals surface area contributed by atoms with Crippen molar-refractivity contribution in [1.82, 2.24) is 19.8 Å². The first-order valence-corrected chi connectivity index (χ1v) is 12.9. The summed E-state index contributed by atoms with van der Waals surface area (Å²) in [6, 6.07) is 6.02. The first-order valence-electron chi connectivity index (χ1n) is 12.0. The predicted molar refractivity (Wildman–Crippen MR) is 139 cm³/mol. The van der Waals surface area contributed by atoms with Crippen LogP contribution in [0.15, 0.2) is 35.8 Å². The summed E-state index contributed by atoms with van der Waals surface area (Å²) in [5.74, 6) is 0.448. The van der Waals surface area contributed by atoms with Gasteiger partial charge >= 0.3 is 6.18 Å². The molecule has 1 saturated heterocycles. The van der Waals surface area contributed by atoms with Crippen LogP contribution in [0.5, 0.6) is 0 Å². The number of piperazine rings is 1. The van der Waals surface area contributed by atoms with E-state index < -0.39 is 11.7 Å². The molecule has 0 atom stereocenters. The number of alkyl halides is 3. The molecular formula is C25H28F3N7OS. The Kier molecular flexibility index (Phi) is 6.82. The van der Waals surface area contributed by atoms with E-state index in [1.165, 1.54) is 28.5 Å². The molecule has 0 bridgehead atoms. The Morgan fingerprint density at radius 3 is 2.49 bits per heavy atom. The maximum Gasteiger partial charge on any atom is 0.416 e. The number of carbonyl (C=O) groups is 1. The largest absolute Gasteiger partial charge is 0.416 e. The summed E-state index contributed by atoms with van der Waals surface area (Å²) in [4.78, 5) is 29.3. The Morgan fingerprint density at radius 1 is 1.05 bits per heavy atom. The highest BCUT2D eigenvalue weighted by molar-refractivity contribution is 7.14. The molecule has 1 aromatic carbocycles. The van der Waals surface area contributed by atoms with Crippen molar-refractivity contribution >= 4 is 45.4 Å². The van der Waals surface area contributed by atoms with Gasteiger partial charge in [0.2, 0.25) is 5.95 Å². The van der Waals surface area contributed by atoms with Gasteiger partial charge in [-0.3, -0.25) is 9.69 Å². The second-order valence-corrected chi connectivity index (χ2v) is 10.1. The molecule has 0 unspecified atom stereocenters. The summed E-state index contributed by atoms with van der Waals surface area (Å²) in [6.07, 6.45) is -2.99. The lowest BCUT2D eigenvalue weighted by Gasteiger charge is -2.34. The summed E-state index contributed by atoms with van der Waals surface area (Å²) in [6.45, 7) is 6.48. The number of aromatic nitrogens is 2. The highest BCUT2D eigenvalue weighted by atomic mass is 32.1. The first kappa shape index (κ1) is 25.4. The number of thiophene rings is 1. The molecule has 8 nitrogen and oxygen atoms in total. The van der Waals surface area contributed by atoms with Crippen LogP contribution in [0.25, 0.3) is 0 Å². The Balaban J connectivity index is 1.41. The van der Waals surface area contributed by atoms with Crippen molar-refractivity contribution in [2.24, 2.45) is 0 Å².